The smallest absolute Gasteiger partial charge is 0.193 e. The number of nitrogens with zero attached hydrogens (tertiary/aromatic N) is 2. The molecule has 0 aromatic carbocycles. The number of hydrogen-bond donors (Lipinski definition) is 1. The lowest BCUT2D eigenvalue weighted by Crippen LogP contribution is -1.88. The molecule has 12 heavy (non-hydrogen) atoms. The highest BCUT2D eigenvalue weighted by molar-refractivity contribution is 7.15. The number of aliphatic hydroxyl groups is 1. The van der Waals surface area contributed by atoms with Crippen molar-refractivity contribution in [3.05, 3.63) is 23.5 Å². The van der Waals surface area contributed by atoms with E-state index in [2.05, 4.69) is 4.98 Å². The van der Waals surface area contributed by atoms with Crippen LogP contribution in [-0.2, 0) is 6.42 Å². The summed E-state index contributed by atoms with van der Waals surface area (Å²) in [6.45, 7) is 0.241. The van der Waals surface area contributed by atoms with Crippen LogP contribution < -0.4 is 0 Å². The van der Waals surface area contributed by atoms with Crippen LogP contribution in [0.4, 0.5) is 0 Å². The Bertz CT molecular complexity index is 337. The molecule has 0 aliphatic heterocycles. The molecule has 0 radical (unpaired) electrons. The second-order valence-electron chi connectivity index (χ2n) is 2.65. The zero-order valence-electron chi connectivity index (χ0n) is 6.60. The Morgan fingerprint density at radius 3 is 3.25 bits per heavy atom. The van der Waals surface area contributed by atoms with Crippen molar-refractivity contribution in [1.82, 2.24) is 9.38 Å². The molecule has 64 valence electrons. The maximum Gasteiger partial charge on any atom is 0.193 e. The SMILES string of the molecule is OCCCc1cn2ccsc2n1. The highest BCUT2D eigenvalue weighted by Gasteiger charge is 2.00. The van der Waals surface area contributed by atoms with Gasteiger partial charge >= 0.3 is 0 Å². The molecule has 0 aliphatic rings. The minimum absolute atomic E-state index is 0.241. The molecule has 0 amide bonds. The van der Waals surface area contributed by atoms with Crippen molar-refractivity contribution in [2.45, 2.75) is 12.8 Å². The van der Waals surface area contributed by atoms with Crippen LogP contribution in [0.15, 0.2) is 17.8 Å². The number of rotatable bonds is 3. The average molecular weight is 182 g/mol. The number of imidazole rings is 1. The van der Waals surface area contributed by atoms with Gasteiger partial charge in [-0.2, -0.15) is 0 Å². The first-order valence-corrected chi connectivity index (χ1v) is 4.80. The first-order valence-electron chi connectivity index (χ1n) is 3.92. The van der Waals surface area contributed by atoms with Gasteiger partial charge in [-0.15, -0.1) is 11.3 Å². The number of hydrogen-bond acceptors (Lipinski definition) is 3. The lowest BCUT2D eigenvalue weighted by atomic mass is 10.3. The van der Waals surface area contributed by atoms with Crippen LogP contribution >= 0.6 is 11.3 Å². The third-order valence-electron chi connectivity index (χ3n) is 1.73. The Morgan fingerprint density at radius 2 is 2.50 bits per heavy atom. The number of aliphatic hydroxyl groups excluding tert-OH is 1. The molecule has 2 heterocycles. The van der Waals surface area contributed by atoms with Gasteiger partial charge in [0, 0.05) is 24.4 Å². The van der Waals surface area contributed by atoms with Gasteiger partial charge in [-0.1, -0.05) is 0 Å². The van der Waals surface area contributed by atoms with Gasteiger partial charge < -0.3 is 5.11 Å². The largest absolute Gasteiger partial charge is 0.396 e. The summed E-state index contributed by atoms with van der Waals surface area (Å²) in [6, 6.07) is 0. The van der Waals surface area contributed by atoms with Gasteiger partial charge in [-0.3, -0.25) is 4.40 Å². The van der Waals surface area contributed by atoms with Gasteiger partial charge in [0.15, 0.2) is 4.96 Å². The maximum atomic E-state index is 8.62. The van der Waals surface area contributed by atoms with Crippen LogP contribution in [0.2, 0.25) is 0 Å². The second kappa shape index (κ2) is 3.25. The number of aryl methyl sites for hydroxylation is 1. The lowest BCUT2D eigenvalue weighted by Gasteiger charge is -1.89. The summed E-state index contributed by atoms with van der Waals surface area (Å²) in [5.41, 5.74) is 1.07. The van der Waals surface area contributed by atoms with Crippen molar-refractivity contribution >= 4 is 16.3 Å². The van der Waals surface area contributed by atoms with Gasteiger partial charge in [0.1, 0.15) is 0 Å². The molecule has 3 nitrogen and oxygen atoms in total. The zero-order valence-corrected chi connectivity index (χ0v) is 7.42. The number of fused-ring (bicyclic) bond motifs is 1. The first-order chi connectivity index (χ1) is 5.90. The topological polar surface area (TPSA) is 37.5 Å². The molecule has 0 unspecified atom stereocenters. The first kappa shape index (κ1) is 7.76. The van der Waals surface area contributed by atoms with Crippen LogP contribution in [0.25, 0.3) is 4.96 Å². The summed E-state index contributed by atoms with van der Waals surface area (Å²) in [7, 11) is 0. The Labute approximate surface area is 74.3 Å². The van der Waals surface area contributed by atoms with Crippen molar-refractivity contribution in [3.63, 3.8) is 0 Å². The summed E-state index contributed by atoms with van der Waals surface area (Å²) in [5, 5.41) is 10.6. The summed E-state index contributed by atoms with van der Waals surface area (Å²) < 4.78 is 2.01. The molecule has 4 heteroatoms. The summed E-state index contributed by atoms with van der Waals surface area (Å²) >= 11 is 1.63. The quantitative estimate of drug-likeness (QED) is 0.777. The van der Waals surface area contributed by atoms with Crippen molar-refractivity contribution in [3.8, 4) is 0 Å². The second-order valence-corrected chi connectivity index (χ2v) is 3.53. The van der Waals surface area contributed by atoms with Crippen LogP contribution in [0.5, 0.6) is 0 Å². The molecule has 0 spiro atoms. The molecule has 0 fully saturated rings. The molecule has 2 aromatic rings. The fourth-order valence-corrected chi connectivity index (χ4v) is 1.88. The highest BCUT2D eigenvalue weighted by Crippen LogP contribution is 2.11. The lowest BCUT2D eigenvalue weighted by molar-refractivity contribution is 0.288. The number of thiazole rings is 1. The van der Waals surface area contributed by atoms with E-state index in [0.717, 1.165) is 23.5 Å². The molecule has 0 atom stereocenters. The van der Waals surface area contributed by atoms with E-state index in [1.165, 1.54) is 0 Å². The molecule has 2 rings (SSSR count). The van der Waals surface area contributed by atoms with E-state index in [1.807, 2.05) is 22.2 Å². The van der Waals surface area contributed by atoms with E-state index in [9.17, 15) is 0 Å². The monoisotopic (exact) mass is 182 g/mol. The van der Waals surface area contributed by atoms with Crippen molar-refractivity contribution in [2.24, 2.45) is 0 Å². The predicted molar refractivity (Wildman–Crippen MR) is 48.5 cm³/mol. The Morgan fingerprint density at radius 1 is 1.58 bits per heavy atom. The summed E-state index contributed by atoms with van der Waals surface area (Å²) in [4.78, 5) is 5.41. The van der Waals surface area contributed by atoms with E-state index in [1.54, 1.807) is 11.3 Å². The van der Waals surface area contributed by atoms with Gasteiger partial charge in [-0.05, 0) is 12.8 Å². The maximum absolute atomic E-state index is 8.62. The van der Waals surface area contributed by atoms with Crippen LogP contribution in [0.3, 0.4) is 0 Å². The van der Waals surface area contributed by atoms with E-state index < -0.39 is 0 Å². The molecule has 0 bridgehead atoms. The van der Waals surface area contributed by atoms with E-state index in [0.29, 0.717) is 0 Å². The molecular weight excluding hydrogens is 172 g/mol. The van der Waals surface area contributed by atoms with E-state index in [4.69, 9.17) is 5.11 Å². The average Bonchev–Trinajstić information content (AvgIpc) is 2.58. The predicted octanol–water partition coefficient (Wildman–Crippen LogP) is 1.32. The van der Waals surface area contributed by atoms with Gasteiger partial charge in [0.25, 0.3) is 0 Å². The van der Waals surface area contributed by atoms with Crippen LogP contribution in [0.1, 0.15) is 12.1 Å². The standard InChI is InChI=1S/C8H10N2OS/c11-4-1-2-7-6-10-3-5-12-8(10)9-7/h3,5-6,11H,1-2,4H2. The van der Waals surface area contributed by atoms with Gasteiger partial charge in [0.05, 0.1) is 5.69 Å². The Balaban J connectivity index is 2.21. The molecule has 1 N–H and O–H groups in total. The molecule has 0 aliphatic carbocycles. The fourth-order valence-electron chi connectivity index (χ4n) is 1.16. The zero-order chi connectivity index (χ0) is 8.39. The highest BCUT2D eigenvalue weighted by atomic mass is 32.1. The van der Waals surface area contributed by atoms with Crippen molar-refractivity contribution < 1.29 is 5.11 Å². The molecule has 0 saturated heterocycles. The Kier molecular flexibility index (Phi) is 2.10. The molecular formula is C8H10N2OS. The minimum Gasteiger partial charge on any atom is -0.396 e. The third-order valence-corrected chi connectivity index (χ3v) is 2.50. The normalized spacial score (nSPS) is 11.1. The van der Waals surface area contributed by atoms with E-state index >= 15 is 0 Å². The van der Waals surface area contributed by atoms with E-state index in [-0.39, 0.29) is 6.61 Å². The summed E-state index contributed by atoms with van der Waals surface area (Å²) in [5.74, 6) is 0. The van der Waals surface area contributed by atoms with Crippen LogP contribution in [-0.4, -0.2) is 21.1 Å². The Hall–Kier alpha value is -0.870. The summed E-state index contributed by atoms with van der Waals surface area (Å²) in [6.07, 6.45) is 5.67. The van der Waals surface area contributed by atoms with Gasteiger partial charge in [-0.25, -0.2) is 4.98 Å². The van der Waals surface area contributed by atoms with Crippen molar-refractivity contribution in [2.75, 3.05) is 6.61 Å². The van der Waals surface area contributed by atoms with Gasteiger partial charge in [0.2, 0.25) is 0 Å². The third kappa shape index (κ3) is 1.35. The minimum atomic E-state index is 0.241. The molecule has 0 saturated carbocycles. The molecule has 2 aromatic heterocycles. The number of aromatic nitrogens is 2. The fraction of sp³-hybridized carbons (Fsp3) is 0.375. The van der Waals surface area contributed by atoms with Crippen LogP contribution in [0, 0.1) is 0 Å². The van der Waals surface area contributed by atoms with Crippen molar-refractivity contribution in [1.29, 1.82) is 0 Å².